The van der Waals surface area contributed by atoms with Gasteiger partial charge in [0.05, 0.1) is 16.8 Å². The molecule has 4 saturated heterocycles. The normalized spacial score (nSPS) is 22.5. The molecule has 3 N–H and O–H groups in total. The smallest absolute Gasteiger partial charge is 0.262 e. The maximum atomic E-state index is 15.7. The summed E-state index contributed by atoms with van der Waals surface area (Å²) in [7, 11) is 0. The Morgan fingerprint density at radius 3 is 1.94 bits per heavy atom. The van der Waals surface area contributed by atoms with Crippen LogP contribution in [0.1, 0.15) is 89.3 Å². The summed E-state index contributed by atoms with van der Waals surface area (Å²) >= 11 is 0. The van der Waals surface area contributed by atoms with Crippen LogP contribution in [0.25, 0.3) is 11.1 Å². The fraction of sp³-hybridized carbons (Fsp3) is 0.388. The number of rotatable bonds is 12. The van der Waals surface area contributed by atoms with Gasteiger partial charge in [-0.1, -0.05) is 43.3 Å². The van der Waals surface area contributed by atoms with Crippen LogP contribution in [0.2, 0.25) is 0 Å². The summed E-state index contributed by atoms with van der Waals surface area (Å²) in [5.41, 5.74) is 5.62. The average molecular weight is 842 g/mol. The largest absolute Gasteiger partial charge is 0.508 e. The second-order valence-electron chi connectivity index (χ2n) is 17.2. The molecule has 0 radical (unpaired) electrons. The van der Waals surface area contributed by atoms with E-state index < -0.39 is 35.5 Å². The van der Waals surface area contributed by atoms with Crippen molar-refractivity contribution in [1.29, 1.82) is 0 Å². The molecule has 3 atom stereocenters. The number of aromatic hydroxyl groups is 2. The van der Waals surface area contributed by atoms with Crippen LogP contribution >= 0.6 is 0 Å². The Kier molecular flexibility index (Phi) is 11.6. The molecule has 0 aliphatic carbocycles. The van der Waals surface area contributed by atoms with E-state index >= 15 is 4.39 Å². The third-order valence-electron chi connectivity index (χ3n) is 13.5. The van der Waals surface area contributed by atoms with E-state index in [4.69, 9.17) is 4.74 Å². The van der Waals surface area contributed by atoms with Crippen molar-refractivity contribution in [3.8, 4) is 17.2 Å². The highest BCUT2D eigenvalue weighted by atomic mass is 19.1. The van der Waals surface area contributed by atoms with Crippen molar-refractivity contribution in [2.24, 2.45) is 5.92 Å². The number of nitrogens with one attached hydrogen (secondary N) is 1. The zero-order valence-corrected chi connectivity index (χ0v) is 34.9. The first-order valence-corrected chi connectivity index (χ1v) is 21.9. The molecule has 0 aromatic heterocycles. The zero-order chi connectivity index (χ0) is 43.1. The van der Waals surface area contributed by atoms with E-state index in [1.807, 2.05) is 41.3 Å². The van der Waals surface area contributed by atoms with Gasteiger partial charge in [-0.15, -0.1) is 0 Å². The molecule has 9 rings (SSSR count). The van der Waals surface area contributed by atoms with Gasteiger partial charge in [-0.3, -0.25) is 39.2 Å². The van der Waals surface area contributed by atoms with Crippen molar-refractivity contribution in [1.82, 2.24) is 20.0 Å². The van der Waals surface area contributed by atoms with Crippen LogP contribution in [-0.2, 0) is 9.59 Å². The Labute approximate surface area is 360 Å². The molecule has 5 heterocycles. The number of anilines is 1. The monoisotopic (exact) mass is 841 g/mol. The summed E-state index contributed by atoms with van der Waals surface area (Å²) in [5.74, 6) is -1.21. The maximum absolute atomic E-state index is 15.7. The minimum absolute atomic E-state index is 0.0248. The number of benzene rings is 4. The van der Waals surface area contributed by atoms with Gasteiger partial charge in [-0.2, -0.15) is 0 Å². The topological polar surface area (TPSA) is 143 Å². The Morgan fingerprint density at radius 1 is 0.758 bits per heavy atom. The van der Waals surface area contributed by atoms with Crippen LogP contribution < -0.4 is 15.0 Å². The second-order valence-corrected chi connectivity index (χ2v) is 17.2. The Balaban J connectivity index is 0.768. The third-order valence-corrected chi connectivity index (χ3v) is 13.5. The van der Waals surface area contributed by atoms with Crippen LogP contribution in [0.4, 0.5) is 10.1 Å². The lowest BCUT2D eigenvalue weighted by Crippen LogP contribution is -2.55. The lowest BCUT2D eigenvalue weighted by Gasteiger charge is -2.44. The molecular formula is C49H52FN5O7. The van der Waals surface area contributed by atoms with Crippen molar-refractivity contribution >= 4 is 40.5 Å². The first kappa shape index (κ1) is 41.3. The molecule has 4 fully saturated rings. The zero-order valence-electron chi connectivity index (χ0n) is 34.9. The summed E-state index contributed by atoms with van der Waals surface area (Å²) in [5, 5.41) is 22.1. The number of hydrogen-bond acceptors (Lipinski definition) is 10. The molecule has 2 bridgehead atoms. The number of imide groups is 2. The van der Waals surface area contributed by atoms with Gasteiger partial charge in [0.25, 0.3) is 11.8 Å². The Hall–Kier alpha value is -6.05. The predicted molar refractivity (Wildman–Crippen MR) is 232 cm³/mol. The summed E-state index contributed by atoms with van der Waals surface area (Å²) in [4.78, 5) is 58.9. The molecule has 4 amide bonds. The molecule has 3 unspecified atom stereocenters. The number of fused-ring (bicyclic) bond motifs is 3. The number of allylic oxidation sites excluding steroid dienone is 1. The number of phenolic OH excluding ortho intramolecular Hbond substituents is 2. The number of amides is 4. The van der Waals surface area contributed by atoms with Crippen LogP contribution in [0, 0.1) is 11.7 Å². The highest BCUT2D eigenvalue weighted by Crippen LogP contribution is 2.39. The molecule has 4 aromatic carbocycles. The highest BCUT2D eigenvalue weighted by molar-refractivity contribution is 6.23. The first-order valence-electron chi connectivity index (χ1n) is 21.9. The number of phenols is 2. The van der Waals surface area contributed by atoms with E-state index in [2.05, 4.69) is 34.2 Å². The molecule has 62 heavy (non-hydrogen) atoms. The minimum Gasteiger partial charge on any atom is -0.508 e. The number of carbonyl (C=O) groups is 4. The van der Waals surface area contributed by atoms with Crippen molar-refractivity contribution in [2.45, 2.75) is 70.0 Å². The third kappa shape index (κ3) is 8.18. The summed E-state index contributed by atoms with van der Waals surface area (Å²) < 4.78 is 22.0. The van der Waals surface area contributed by atoms with Gasteiger partial charge in [0.1, 0.15) is 35.7 Å². The van der Waals surface area contributed by atoms with E-state index in [-0.39, 0.29) is 47.6 Å². The van der Waals surface area contributed by atoms with Gasteiger partial charge in [0, 0.05) is 44.7 Å². The number of halogens is 1. The number of nitrogens with zero attached hydrogens (tertiary/aromatic N) is 4. The molecule has 5 aliphatic rings. The Morgan fingerprint density at radius 2 is 1.34 bits per heavy atom. The van der Waals surface area contributed by atoms with Gasteiger partial charge in [-0.25, -0.2) is 4.39 Å². The fourth-order valence-corrected chi connectivity index (χ4v) is 10.2. The van der Waals surface area contributed by atoms with Crippen molar-refractivity contribution in [3.05, 3.63) is 119 Å². The standard InChI is InChI=1S/C49H52FN5O7/c1-2-39(31-3-11-36(56)12-4-31)46(32-5-13-37(57)14-6-32)33-7-15-38(16-8-33)62-24-23-52-21-19-30(20-22-52)27-54-34-9-10-35(54)29-53(28-34)44-26-41-40(25-42(44)50)48(60)55(49(41)61)43-17-18-45(58)51-47(43)59/h3-8,11-16,25-26,30,34-35,43,56-57H,2,9-10,17-24,27-29H2,1H3,(H,51,58,59). The molecule has 0 spiro atoms. The lowest BCUT2D eigenvalue weighted by molar-refractivity contribution is -0.136. The molecule has 322 valence electrons. The molecular weight excluding hydrogens is 790 g/mol. The SMILES string of the molecule is CCC(=C(c1ccc(O)cc1)c1ccc(OCCN2CCC(CN3C4CCC3CN(c3cc5c(cc3F)C(=O)N(C3CCC(=O)NC3=O)C5=O)C4)CC2)cc1)c1ccc(O)cc1. The minimum atomic E-state index is -1.09. The molecule has 0 saturated carbocycles. The van der Waals surface area contributed by atoms with E-state index in [0.29, 0.717) is 31.3 Å². The number of carbonyl (C=O) groups excluding carboxylic acids is 4. The van der Waals surface area contributed by atoms with Gasteiger partial charge >= 0.3 is 0 Å². The molecule has 12 nitrogen and oxygen atoms in total. The van der Waals surface area contributed by atoms with E-state index in [1.54, 1.807) is 24.3 Å². The predicted octanol–water partition coefficient (Wildman–Crippen LogP) is 6.45. The quantitative estimate of drug-likeness (QED) is 0.108. The van der Waals surface area contributed by atoms with Crippen LogP contribution in [-0.4, -0.2) is 113 Å². The van der Waals surface area contributed by atoms with Crippen molar-refractivity contribution < 1.29 is 38.5 Å². The van der Waals surface area contributed by atoms with E-state index in [1.165, 1.54) is 6.07 Å². The van der Waals surface area contributed by atoms with Crippen LogP contribution in [0.15, 0.2) is 84.9 Å². The fourth-order valence-electron chi connectivity index (χ4n) is 10.2. The van der Waals surface area contributed by atoms with Crippen molar-refractivity contribution in [3.63, 3.8) is 0 Å². The lowest BCUT2D eigenvalue weighted by atomic mass is 9.88. The number of piperazine rings is 1. The average Bonchev–Trinajstić information content (AvgIpc) is 3.63. The van der Waals surface area contributed by atoms with E-state index in [0.717, 1.165) is 103 Å². The summed E-state index contributed by atoms with van der Waals surface area (Å²) in [6.07, 6.45) is 5.10. The van der Waals surface area contributed by atoms with Gasteiger partial charge < -0.3 is 19.8 Å². The van der Waals surface area contributed by atoms with Gasteiger partial charge in [0.15, 0.2) is 0 Å². The number of piperidine rings is 2. The molecule has 4 aromatic rings. The molecule has 13 heteroatoms. The number of ether oxygens (including phenoxy) is 1. The molecule has 5 aliphatic heterocycles. The van der Waals surface area contributed by atoms with E-state index in [9.17, 15) is 29.4 Å². The Bertz CT molecular complexity index is 2380. The summed E-state index contributed by atoms with van der Waals surface area (Å²) in [6.45, 7) is 7.82. The maximum Gasteiger partial charge on any atom is 0.262 e. The van der Waals surface area contributed by atoms with Crippen LogP contribution in [0.3, 0.4) is 0 Å². The highest BCUT2D eigenvalue weighted by Gasteiger charge is 2.46. The van der Waals surface area contributed by atoms with Gasteiger partial charge in [0.2, 0.25) is 11.8 Å². The van der Waals surface area contributed by atoms with Crippen molar-refractivity contribution in [2.75, 3.05) is 50.8 Å². The second kappa shape index (κ2) is 17.4. The number of likely N-dealkylation sites (tertiary alicyclic amines) is 1. The number of hydrogen-bond donors (Lipinski definition) is 3. The van der Waals surface area contributed by atoms with Gasteiger partial charge in [-0.05, 0) is 134 Å². The first-order chi connectivity index (χ1) is 30.0. The van der Waals surface area contributed by atoms with Crippen LogP contribution in [0.5, 0.6) is 17.2 Å². The summed E-state index contributed by atoms with van der Waals surface area (Å²) in [6, 6.07) is 24.8.